The van der Waals surface area contributed by atoms with Crippen LogP contribution in [-0.4, -0.2) is 17.0 Å². The Balaban J connectivity index is 2.42. The molecule has 0 saturated heterocycles. The normalized spacial score (nSPS) is 9.79. The minimum atomic E-state index is 0.942. The standard InChI is InChI=1S/C11H11N3/c1-12-10-6-9(7-13-8-10)11-4-2-3-5-14-11/h2-8,12H,1H3. The molecule has 0 fully saturated rings. The Kier molecular flexibility index (Phi) is 2.40. The van der Waals surface area contributed by atoms with Crippen molar-refractivity contribution < 1.29 is 0 Å². The van der Waals surface area contributed by atoms with Gasteiger partial charge in [0.2, 0.25) is 0 Å². The summed E-state index contributed by atoms with van der Waals surface area (Å²) in [5.74, 6) is 0. The molecule has 0 aliphatic carbocycles. The second kappa shape index (κ2) is 3.87. The summed E-state index contributed by atoms with van der Waals surface area (Å²) in [5.41, 5.74) is 2.96. The molecule has 0 saturated carbocycles. The van der Waals surface area contributed by atoms with Crippen molar-refractivity contribution in [2.24, 2.45) is 0 Å². The number of nitrogens with zero attached hydrogens (tertiary/aromatic N) is 2. The second-order valence-corrected chi connectivity index (χ2v) is 2.93. The molecule has 0 spiro atoms. The van der Waals surface area contributed by atoms with Crippen molar-refractivity contribution in [1.29, 1.82) is 0 Å². The van der Waals surface area contributed by atoms with Crippen LogP contribution in [0.25, 0.3) is 11.3 Å². The minimum Gasteiger partial charge on any atom is -0.387 e. The third kappa shape index (κ3) is 1.71. The molecule has 0 amide bonds. The fraction of sp³-hybridized carbons (Fsp3) is 0.0909. The van der Waals surface area contributed by atoms with Crippen molar-refractivity contribution >= 4 is 5.69 Å². The van der Waals surface area contributed by atoms with Crippen LogP contribution in [0.15, 0.2) is 42.9 Å². The first kappa shape index (κ1) is 8.69. The zero-order valence-electron chi connectivity index (χ0n) is 7.94. The number of hydrogen-bond acceptors (Lipinski definition) is 3. The van der Waals surface area contributed by atoms with E-state index in [1.165, 1.54) is 0 Å². The molecule has 2 aromatic rings. The maximum absolute atomic E-state index is 4.26. The first-order chi connectivity index (χ1) is 6.90. The topological polar surface area (TPSA) is 37.8 Å². The smallest absolute Gasteiger partial charge is 0.0718 e. The third-order valence-corrected chi connectivity index (χ3v) is 1.99. The summed E-state index contributed by atoms with van der Waals surface area (Å²) >= 11 is 0. The molecule has 0 aromatic carbocycles. The van der Waals surface area contributed by atoms with E-state index >= 15 is 0 Å². The van der Waals surface area contributed by atoms with Gasteiger partial charge in [-0.25, -0.2) is 0 Å². The Labute approximate surface area is 82.8 Å². The molecule has 0 unspecified atom stereocenters. The first-order valence-electron chi connectivity index (χ1n) is 4.44. The molecular weight excluding hydrogens is 174 g/mol. The Morgan fingerprint density at radius 1 is 1.21 bits per heavy atom. The fourth-order valence-corrected chi connectivity index (χ4v) is 1.25. The predicted octanol–water partition coefficient (Wildman–Crippen LogP) is 2.19. The van der Waals surface area contributed by atoms with Gasteiger partial charge in [0.25, 0.3) is 0 Å². The molecule has 2 heterocycles. The highest BCUT2D eigenvalue weighted by Crippen LogP contribution is 2.18. The number of rotatable bonds is 2. The van der Waals surface area contributed by atoms with Crippen molar-refractivity contribution in [2.75, 3.05) is 12.4 Å². The summed E-state index contributed by atoms with van der Waals surface area (Å²) in [7, 11) is 1.87. The molecule has 0 aliphatic heterocycles. The quantitative estimate of drug-likeness (QED) is 0.779. The average Bonchev–Trinajstić information content (AvgIpc) is 2.30. The largest absolute Gasteiger partial charge is 0.387 e. The summed E-state index contributed by atoms with van der Waals surface area (Å²) < 4.78 is 0. The summed E-state index contributed by atoms with van der Waals surface area (Å²) in [5, 5.41) is 3.05. The van der Waals surface area contributed by atoms with E-state index in [9.17, 15) is 0 Å². The summed E-state index contributed by atoms with van der Waals surface area (Å²) in [6.07, 6.45) is 5.37. The fourth-order valence-electron chi connectivity index (χ4n) is 1.25. The Morgan fingerprint density at radius 2 is 2.14 bits per heavy atom. The van der Waals surface area contributed by atoms with Gasteiger partial charge in [-0.1, -0.05) is 6.07 Å². The van der Waals surface area contributed by atoms with Crippen LogP contribution in [0.4, 0.5) is 5.69 Å². The predicted molar refractivity (Wildman–Crippen MR) is 57.0 cm³/mol. The maximum atomic E-state index is 4.26. The molecular formula is C11H11N3. The van der Waals surface area contributed by atoms with E-state index in [1.807, 2.05) is 37.5 Å². The van der Waals surface area contributed by atoms with Crippen molar-refractivity contribution in [3.05, 3.63) is 42.9 Å². The number of nitrogens with one attached hydrogen (secondary N) is 1. The van der Waals surface area contributed by atoms with E-state index in [0.717, 1.165) is 16.9 Å². The van der Waals surface area contributed by atoms with E-state index in [2.05, 4.69) is 15.3 Å². The zero-order valence-corrected chi connectivity index (χ0v) is 7.94. The van der Waals surface area contributed by atoms with E-state index in [-0.39, 0.29) is 0 Å². The van der Waals surface area contributed by atoms with Crippen LogP contribution in [0, 0.1) is 0 Å². The Morgan fingerprint density at radius 3 is 2.86 bits per heavy atom. The van der Waals surface area contributed by atoms with Gasteiger partial charge in [0.05, 0.1) is 11.4 Å². The van der Waals surface area contributed by atoms with Gasteiger partial charge in [-0.2, -0.15) is 0 Å². The Hall–Kier alpha value is -1.90. The second-order valence-electron chi connectivity index (χ2n) is 2.93. The lowest BCUT2D eigenvalue weighted by molar-refractivity contribution is 1.27. The van der Waals surface area contributed by atoms with Crippen LogP contribution in [0.2, 0.25) is 0 Å². The van der Waals surface area contributed by atoms with Gasteiger partial charge >= 0.3 is 0 Å². The highest BCUT2D eigenvalue weighted by Gasteiger charge is 1.98. The molecule has 2 rings (SSSR count). The van der Waals surface area contributed by atoms with Crippen molar-refractivity contribution in [3.63, 3.8) is 0 Å². The van der Waals surface area contributed by atoms with Crippen LogP contribution in [0.5, 0.6) is 0 Å². The molecule has 0 atom stereocenters. The van der Waals surface area contributed by atoms with Crippen LogP contribution in [0.1, 0.15) is 0 Å². The van der Waals surface area contributed by atoms with Crippen LogP contribution in [-0.2, 0) is 0 Å². The van der Waals surface area contributed by atoms with E-state index in [1.54, 1.807) is 12.4 Å². The highest BCUT2D eigenvalue weighted by atomic mass is 14.8. The van der Waals surface area contributed by atoms with Crippen LogP contribution in [0.3, 0.4) is 0 Å². The molecule has 0 bridgehead atoms. The van der Waals surface area contributed by atoms with Gasteiger partial charge < -0.3 is 5.32 Å². The molecule has 2 aromatic heterocycles. The average molecular weight is 185 g/mol. The van der Waals surface area contributed by atoms with Crippen molar-refractivity contribution in [1.82, 2.24) is 9.97 Å². The Bertz CT molecular complexity index is 412. The lowest BCUT2D eigenvalue weighted by Crippen LogP contribution is -1.90. The third-order valence-electron chi connectivity index (χ3n) is 1.99. The van der Waals surface area contributed by atoms with Crippen LogP contribution < -0.4 is 5.32 Å². The summed E-state index contributed by atoms with van der Waals surface area (Å²) in [6, 6.07) is 7.86. The SMILES string of the molecule is CNc1cncc(-c2ccccn2)c1. The van der Waals surface area contributed by atoms with Gasteiger partial charge in [-0.15, -0.1) is 0 Å². The molecule has 14 heavy (non-hydrogen) atoms. The molecule has 70 valence electrons. The zero-order chi connectivity index (χ0) is 9.80. The highest BCUT2D eigenvalue weighted by molar-refractivity contribution is 5.62. The molecule has 0 radical (unpaired) electrons. The lowest BCUT2D eigenvalue weighted by Gasteiger charge is -2.02. The van der Waals surface area contributed by atoms with Crippen molar-refractivity contribution in [3.8, 4) is 11.3 Å². The van der Waals surface area contributed by atoms with Gasteiger partial charge in [-0.3, -0.25) is 9.97 Å². The number of aromatic nitrogens is 2. The first-order valence-corrected chi connectivity index (χ1v) is 4.44. The molecule has 0 aliphatic rings. The number of hydrogen-bond donors (Lipinski definition) is 1. The van der Waals surface area contributed by atoms with E-state index in [0.29, 0.717) is 0 Å². The molecule has 3 heteroatoms. The molecule has 1 N–H and O–H groups in total. The van der Waals surface area contributed by atoms with Crippen LogP contribution >= 0.6 is 0 Å². The van der Waals surface area contributed by atoms with E-state index in [4.69, 9.17) is 0 Å². The summed E-state index contributed by atoms with van der Waals surface area (Å²) in [4.78, 5) is 8.39. The van der Waals surface area contributed by atoms with Gasteiger partial charge in [-0.05, 0) is 18.2 Å². The maximum Gasteiger partial charge on any atom is 0.0718 e. The monoisotopic (exact) mass is 185 g/mol. The van der Waals surface area contributed by atoms with Gasteiger partial charge in [0.15, 0.2) is 0 Å². The minimum absolute atomic E-state index is 0.942. The summed E-state index contributed by atoms with van der Waals surface area (Å²) in [6.45, 7) is 0. The van der Waals surface area contributed by atoms with Crippen molar-refractivity contribution in [2.45, 2.75) is 0 Å². The van der Waals surface area contributed by atoms with Gasteiger partial charge in [0.1, 0.15) is 0 Å². The molecule has 3 nitrogen and oxygen atoms in total. The van der Waals surface area contributed by atoms with E-state index < -0.39 is 0 Å². The number of anilines is 1. The lowest BCUT2D eigenvalue weighted by atomic mass is 10.2. The number of pyridine rings is 2. The van der Waals surface area contributed by atoms with Gasteiger partial charge in [0, 0.05) is 31.2 Å².